The molecule has 0 heterocycles. The Balaban J connectivity index is 2.51. The molecule has 1 rings (SSSR count). The van der Waals surface area contributed by atoms with Crippen LogP contribution in [0.1, 0.15) is 12.5 Å². The van der Waals surface area contributed by atoms with Gasteiger partial charge >= 0.3 is 0 Å². The topological polar surface area (TPSA) is 67.4 Å². The maximum Gasteiger partial charge on any atom is 0.276 e. The lowest BCUT2D eigenvalue weighted by atomic mass is 10.1. The first-order valence-electron chi connectivity index (χ1n) is 5.45. The molecule has 0 bridgehead atoms. The predicted octanol–water partition coefficient (Wildman–Crippen LogP) is 0.682. The minimum absolute atomic E-state index is 0.343. The second-order valence-corrected chi connectivity index (χ2v) is 5.04. The van der Waals surface area contributed by atoms with Crippen molar-refractivity contribution >= 4 is 10.2 Å². The van der Waals surface area contributed by atoms with Crippen molar-refractivity contribution in [2.75, 3.05) is 20.2 Å². The van der Waals surface area contributed by atoms with E-state index in [2.05, 4.69) is 9.44 Å². The van der Waals surface area contributed by atoms with E-state index in [0.717, 1.165) is 11.3 Å². The third kappa shape index (κ3) is 4.72. The van der Waals surface area contributed by atoms with Crippen molar-refractivity contribution in [1.29, 1.82) is 0 Å². The molecule has 0 atom stereocenters. The molecule has 1 aromatic rings. The lowest BCUT2D eigenvalue weighted by Crippen LogP contribution is -2.37. The molecule has 0 fully saturated rings. The summed E-state index contributed by atoms with van der Waals surface area (Å²) in [4.78, 5) is 0. The van der Waals surface area contributed by atoms with Crippen molar-refractivity contribution < 1.29 is 13.2 Å². The normalized spacial score (nSPS) is 11.4. The van der Waals surface area contributed by atoms with Crippen LogP contribution in [-0.2, 0) is 16.6 Å². The molecule has 0 spiro atoms. The average molecular weight is 258 g/mol. The van der Waals surface area contributed by atoms with E-state index < -0.39 is 10.2 Å². The molecule has 6 heteroatoms. The standard InChI is InChI=1S/C11H18N2O3S/c1-3-12-17(14,15)13-9-8-10-6-4-5-7-11(10)16-2/h4-7,12-13H,3,8-9H2,1-2H3. The van der Waals surface area contributed by atoms with Crippen molar-refractivity contribution in [2.24, 2.45) is 0 Å². The largest absolute Gasteiger partial charge is 0.496 e. The van der Waals surface area contributed by atoms with Gasteiger partial charge in [0.15, 0.2) is 0 Å². The van der Waals surface area contributed by atoms with E-state index in [-0.39, 0.29) is 0 Å². The van der Waals surface area contributed by atoms with Gasteiger partial charge in [0, 0.05) is 13.1 Å². The molecule has 2 N–H and O–H groups in total. The molecular weight excluding hydrogens is 240 g/mol. The Morgan fingerprint density at radius 3 is 2.59 bits per heavy atom. The Labute approximate surface area is 102 Å². The number of benzene rings is 1. The van der Waals surface area contributed by atoms with E-state index in [1.54, 1.807) is 14.0 Å². The van der Waals surface area contributed by atoms with Crippen LogP contribution in [0.2, 0.25) is 0 Å². The first-order valence-corrected chi connectivity index (χ1v) is 6.93. The zero-order valence-electron chi connectivity index (χ0n) is 10.1. The lowest BCUT2D eigenvalue weighted by Gasteiger charge is -2.09. The highest BCUT2D eigenvalue weighted by atomic mass is 32.2. The number of hydrogen-bond donors (Lipinski definition) is 2. The maximum atomic E-state index is 11.3. The third-order valence-electron chi connectivity index (χ3n) is 2.21. The first-order chi connectivity index (χ1) is 8.09. The van der Waals surface area contributed by atoms with Crippen molar-refractivity contribution in [3.8, 4) is 5.75 Å². The molecule has 0 radical (unpaired) electrons. The van der Waals surface area contributed by atoms with Gasteiger partial charge in [-0.25, -0.2) is 9.44 Å². The fraction of sp³-hybridized carbons (Fsp3) is 0.455. The first kappa shape index (κ1) is 14.0. The minimum Gasteiger partial charge on any atom is -0.496 e. The van der Waals surface area contributed by atoms with Crippen molar-refractivity contribution in [2.45, 2.75) is 13.3 Å². The Bertz CT molecular complexity index is 446. The van der Waals surface area contributed by atoms with Crippen LogP contribution in [-0.4, -0.2) is 28.6 Å². The molecule has 1 aromatic carbocycles. The Kier molecular flexibility index (Phi) is 5.40. The summed E-state index contributed by atoms with van der Waals surface area (Å²) in [6.45, 7) is 2.46. The number of ether oxygens (including phenoxy) is 1. The molecule has 0 amide bonds. The zero-order valence-corrected chi connectivity index (χ0v) is 10.9. The number of methoxy groups -OCH3 is 1. The highest BCUT2D eigenvalue weighted by molar-refractivity contribution is 7.87. The average Bonchev–Trinajstić information content (AvgIpc) is 2.29. The van der Waals surface area contributed by atoms with E-state index in [4.69, 9.17) is 4.74 Å². The summed E-state index contributed by atoms with van der Waals surface area (Å²) in [5.74, 6) is 0.773. The molecule has 0 saturated heterocycles. The van der Waals surface area contributed by atoms with Gasteiger partial charge in [-0.2, -0.15) is 8.42 Å². The molecule has 0 aromatic heterocycles. The van der Waals surface area contributed by atoms with Crippen LogP contribution in [0.15, 0.2) is 24.3 Å². The van der Waals surface area contributed by atoms with Gasteiger partial charge in [0.2, 0.25) is 0 Å². The monoisotopic (exact) mass is 258 g/mol. The predicted molar refractivity (Wildman–Crippen MR) is 67.3 cm³/mol. The van der Waals surface area contributed by atoms with Gasteiger partial charge < -0.3 is 4.74 Å². The number of rotatable bonds is 7. The van der Waals surface area contributed by atoms with Gasteiger partial charge in [-0.1, -0.05) is 25.1 Å². The van der Waals surface area contributed by atoms with Crippen LogP contribution in [0.4, 0.5) is 0 Å². The Morgan fingerprint density at radius 1 is 1.24 bits per heavy atom. The summed E-state index contributed by atoms with van der Waals surface area (Å²) in [5.41, 5.74) is 0.981. The number of hydrogen-bond acceptors (Lipinski definition) is 3. The maximum absolute atomic E-state index is 11.3. The lowest BCUT2D eigenvalue weighted by molar-refractivity contribution is 0.409. The van der Waals surface area contributed by atoms with E-state index >= 15 is 0 Å². The number of nitrogens with one attached hydrogen (secondary N) is 2. The molecule has 5 nitrogen and oxygen atoms in total. The molecule has 17 heavy (non-hydrogen) atoms. The van der Waals surface area contributed by atoms with Crippen LogP contribution in [0, 0.1) is 0 Å². The fourth-order valence-corrected chi connectivity index (χ4v) is 2.32. The Morgan fingerprint density at radius 2 is 1.94 bits per heavy atom. The molecule has 96 valence electrons. The summed E-state index contributed by atoms with van der Waals surface area (Å²) in [5, 5.41) is 0. The van der Waals surface area contributed by atoms with E-state index in [1.165, 1.54) is 0 Å². The molecule has 0 aliphatic rings. The zero-order chi connectivity index (χ0) is 12.7. The fourth-order valence-electron chi connectivity index (χ4n) is 1.47. The quantitative estimate of drug-likeness (QED) is 0.756. The van der Waals surface area contributed by atoms with E-state index in [1.807, 2.05) is 24.3 Å². The summed E-state index contributed by atoms with van der Waals surface area (Å²) < 4.78 is 32.7. The van der Waals surface area contributed by atoms with Gasteiger partial charge in [-0.15, -0.1) is 0 Å². The molecule has 0 saturated carbocycles. The van der Waals surface area contributed by atoms with Crippen LogP contribution in [0.5, 0.6) is 5.75 Å². The molecular formula is C11H18N2O3S. The molecule has 0 aliphatic heterocycles. The highest BCUT2D eigenvalue weighted by Crippen LogP contribution is 2.17. The summed E-state index contributed by atoms with van der Waals surface area (Å²) >= 11 is 0. The van der Waals surface area contributed by atoms with Crippen molar-refractivity contribution in [3.63, 3.8) is 0 Å². The second kappa shape index (κ2) is 6.58. The number of para-hydroxylation sites is 1. The summed E-state index contributed by atoms with van der Waals surface area (Å²) in [6, 6.07) is 7.55. The van der Waals surface area contributed by atoms with Crippen molar-refractivity contribution in [3.05, 3.63) is 29.8 Å². The van der Waals surface area contributed by atoms with Crippen molar-refractivity contribution in [1.82, 2.24) is 9.44 Å². The van der Waals surface area contributed by atoms with Crippen LogP contribution in [0.3, 0.4) is 0 Å². The molecule has 0 aliphatic carbocycles. The minimum atomic E-state index is -3.36. The summed E-state index contributed by atoms with van der Waals surface area (Å²) in [6.07, 6.45) is 0.592. The molecule has 0 unspecified atom stereocenters. The summed E-state index contributed by atoms with van der Waals surface area (Å²) in [7, 11) is -1.76. The van der Waals surface area contributed by atoms with Gasteiger partial charge in [0.1, 0.15) is 5.75 Å². The van der Waals surface area contributed by atoms with E-state index in [9.17, 15) is 8.42 Å². The van der Waals surface area contributed by atoms with Gasteiger partial charge in [-0.3, -0.25) is 0 Å². The second-order valence-electron chi connectivity index (χ2n) is 3.46. The highest BCUT2D eigenvalue weighted by Gasteiger charge is 2.07. The Hall–Kier alpha value is -1.11. The van der Waals surface area contributed by atoms with Crippen LogP contribution < -0.4 is 14.2 Å². The van der Waals surface area contributed by atoms with Crippen LogP contribution in [0.25, 0.3) is 0 Å². The van der Waals surface area contributed by atoms with Gasteiger partial charge in [0.05, 0.1) is 7.11 Å². The SMILES string of the molecule is CCNS(=O)(=O)NCCc1ccccc1OC. The van der Waals surface area contributed by atoms with Crippen LogP contribution >= 0.6 is 0 Å². The smallest absolute Gasteiger partial charge is 0.276 e. The third-order valence-corrected chi connectivity index (χ3v) is 3.47. The van der Waals surface area contributed by atoms with E-state index in [0.29, 0.717) is 19.5 Å². The van der Waals surface area contributed by atoms with Gasteiger partial charge in [-0.05, 0) is 18.1 Å². The van der Waals surface area contributed by atoms with Gasteiger partial charge in [0.25, 0.3) is 10.2 Å².